The average Bonchev–Trinajstić information content (AvgIpc) is 3.16. The van der Waals surface area contributed by atoms with Crippen LogP contribution in [-0.2, 0) is 11.1 Å². The summed E-state index contributed by atoms with van der Waals surface area (Å²) in [5.41, 5.74) is 8.60. The second-order valence-electron chi connectivity index (χ2n) is 10.3. The van der Waals surface area contributed by atoms with E-state index in [2.05, 4.69) is 0 Å². The number of fused-ring (bicyclic) bond motifs is 1. The molecule has 2 heterocycles. The molecule has 0 radical (unpaired) electrons. The van der Waals surface area contributed by atoms with Crippen molar-refractivity contribution in [2.75, 3.05) is 13.2 Å². The maximum Gasteiger partial charge on any atom is 0.163 e. The Morgan fingerprint density at radius 2 is 1.97 bits per heavy atom. The lowest BCUT2D eigenvalue weighted by molar-refractivity contribution is 0.0396. The summed E-state index contributed by atoms with van der Waals surface area (Å²) in [4.78, 5) is 17.7. The minimum absolute atomic E-state index is 0.0756. The number of benzene rings is 2. The van der Waals surface area contributed by atoms with E-state index < -0.39 is 17.2 Å². The third-order valence-corrected chi connectivity index (χ3v) is 6.85. The molecule has 0 bridgehead atoms. The molecule has 3 aromatic rings. The van der Waals surface area contributed by atoms with E-state index in [1.54, 1.807) is 32.0 Å². The number of rotatable bonds is 9. The number of halogens is 1. The predicted octanol–water partition coefficient (Wildman–Crippen LogP) is 4.91. The second-order valence-corrected chi connectivity index (χ2v) is 10.7. The Balaban J connectivity index is 1.57. The number of aliphatic hydroxyl groups is 2. The number of Topliss-reactive ketones (excluding diaryl/α,β-unsaturated/α-hetero) is 1. The quantitative estimate of drug-likeness (QED) is 0.341. The van der Waals surface area contributed by atoms with Crippen LogP contribution in [-0.4, -0.2) is 40.3 Å². The molecular formula is C29H33ClN2O5. The molecule has 0 aliphatic carbocycles. The maximum atomic E-state index is 13.0. The number of nitrogens with zero attached hydrogens (tertiary/aromatic N) is 1. The van der Waals surface area contributed by atoms with Gasteiger partial charge in [-0.15, -0.1) is 0 Å². The first-order valence-electron chi connectivity index (χ1n) is 12.3. The number of ether oxygens (including phenoxy) is 2. The number of pyridine rings is 1. The topological polar surface area (TPSA) is 115 Å². The number of carbonyl (C=O) groups is 1. The Kier molecular flexibility index (Phi) is 7.62. The SMILES string of the molecule is Cc1ccc(-c2nc(C(C)(O)CCC(=O)c3ccc(OCC(C)O)c(Cl)c3)cc3c2OCC3(C)N)cc1. The zero-order chi connectivity index (χ0) is 27.0. The maximum absolute atomic E-state index is 13.0. The molecule has 3 unspecified atom stereocenters. The molecule has 0 saturated heterocycles. The third kappa shape index (κ3) is 5.96. The summed E-state index contributed by atoms with van der Waals surface area (Å²) in [6.45, 7) is 7.57. The summed E-state index contributed by atoms with van der Waals surface area (Å²) < 4.78 is 11.4. The second kappa shape index (κ2) is 10.4. The summed E-state index contributed by atoms with van der Waals surface area (Å²) in [5.74, 6) is 0.845. The lowest BCUT2D eigenvalue weighted by Crippen LogP contribution is -2.35. The monoisotopic (exact) mass is 524 g/mol. The van der Waals surface area contributed by atoms with Gasteiger partial charge in [-0.1, -0.05) is 41.4 Å². The first-order valence-corrected chi connectivity index (χ1v) is 12.7. The van der Waals surface area contributed by atoms with E-state index in [1.165, 1.54) is 6.07 Å². The van der Waals surface area contributed by atoms with Crippen LogP contribution >= 0.6 is 11.6 Å². The van der Waals surface area contributed by atoms with Gasteiger partial charge in [-0.05, 0) is 58.4 Å². The third-order valence-electron chi connectivity index (χ3n) is 6.55. The fraction of sp³-hybridized carbons (Fsp3) is 0.379. The Morgan fingerprint density at radius 3 is 2.62 bits per heavy atom. The molecule has 4 rings (SSSR count). The van der Waals surface area contributed by atoms with Crippen molar-refractivity contribution in [3.63, 3.8) is 0 Å². The summed E-state index contributed by atoms with van der Waals surface area (Å²) in [6, 6.07) is 14.5. The van der Waals surface area contributed by atoms with Crippen molar-refractivity contribution in [3.8, 4) is 22.8 Å². The normalized spacial score (nSPS) is 19.0. The first-order chi connectivity index (χ1) is 17.4. The average molecular weight is 525 g/mol. The number of hydrogen-bond donors (Lipinski definition) is 3. The summed E-state index contributed by atoms with van der Waals surface area (Å²) in [5, 5.41) is 21.1. The van der Waals surface area contributed by atoms with Crippen molar-refractivity contribution >= 4 is 17.4 Å². The highest BCUT2D eigenvalue weighted by Gasteiger charge is 2.38. The van der Waals surface area contributed by atoms with Gasteiger partial charge >= 0.3 is 0 Å². The molecular weight excluding hydrogens is 492 g/mol. The van der Waals surface area contributed by atoms with Gasteiger partial charge in [0.05, 0.1) is 22.4 Å². The van der Waals surface area contributed by atoms with Gasteiger partial charge in [0.1, 0.15) is 30.3 Å². The minimum atomic E-state index is -1.40. The van der Waals surface area contributed by atoms with E-state index in [-0.39, 0.29) is 30.3 Å². The van der Waals surface area contributed by atoms with Gasteiger partial charge < -0.3 is 25.4 Å². The predicted molar refractivity (Wildman–Crippen MR) is 143 cm³/mol. The van der Waals surface area contributed by atoms with Gasteiger partial charge in [0.15, 0.2) is 11.5 Å². The lowest BCUT2D eigenvalue weighted by Gasteiger charge is -2.25. The fourth-order valence-corrected chi connectivity index (χ4v) is 4.45. The number of hydrogen-bond acceptors (Lipinski definition) is 7. The molecule has 0 saturated carbocycles. The molecule has 8 heteroatoms. The smallest absolute Gasteiger partial charge is 0.163 e. The highest BCUT2D eigenvalue weighted by atomic mass is 35.5. The number of aromatic nitrogens is 1. The van der Waals surface area contributed by atoms with E-state index in [4.69, 9.17) is 31.8 Å². The van der Waals surface area contributed by atoms with Gasteiger partial charge in [0.25, 0.3) is 0 Å². The van der Waals surface area contributed by atoms with Crippen LogP contribution in [0.1, 0.15) is 60.8 Å². The van der Waals surface area contributed by atoms with Gasteiger partial charge in [0.2, 0.25) is 0 Å². The number of nitrogens with two attached hydrogens (primary N) is 1. The van der Waals surface area contributed by atoms with Gasteiger partial charge in [0, 0.05) is 23.1 Å². The lowest BCUT2D eigenvalue weighted by atomic mass is 9.88. The standard InChI is InChI=1S/C29H33ClN2O5/c1-17-5-7-19(8-6-17)26-27-21(28(3,31)16-37-27)14-25(32-26)29(4,35)12-11-23(34)20-9-10-24(22(30)13-20)36-15-18(2)33/h5-10,13-14,18,33,35H,11-12,15-16,31H2,1-4H3. The Morgan fingerprint density at radius 1 is 1.27 bits per heavy atom. The van der Waals surface area contributed by atoms with Crippen molar-refractivity contribution in [1.82, 2.24) is 4.98 Å². The van der Waals surface area contributed by atoms with Gasteiger partial charge in [-0.2, -0.15) is 0 Å². The van der Waals surface area contributed by atoms with Crippen molar-refractivity contribution in [3.05, 3.63) is 75.9 Å². The molecule has 7 nitrogen and oxygen atoms in total. The number of aliphatic hydroxyl groups excluding tert-OH is 1. The van der Waals surface area contributed by atoms with Crippen LogP contribution in [0.3, 0.4) is 0 Å². The highest BCUT2D eigenvalue weighted by molar-refractivity contribution is 6.32. The van der Waals surface area contributed by atoms with Crippen LogP contribution in [0, 0.1) is 6.92 Å². The molecule has 0 amide bonds. The van der Waals surface area contributed by atoms with Crippen LogP contribution in [0.15, 0.2) is 48.5 Å². The fourth-order valence-electron chi connectivity index (χ4n) is 4.22. The minimum Gasteiger partial charge on any atom is -0.489 e. The van der Waals surface area contributed by atoms with Crippen LogP contribution in [0.5, 0.6) is 11.5 Å². The molecule has 1 aliphatic heterocycles. The van der Waals surface area contributed by atoms with Gasteiger partial charge in [-0.25, -0.2) is 4.98 Å². The zero-order valence-corrected chi connectivity index (χ0v) is 22.3. The van der Waals surface area contributed by atoms with Crippen LogP contribution in [0.4, 0.5) is 0 Å². The van der Waals surface area contributed by atoms with E-state index >= 15 is 0 Å². The van der Waals surface area contributed by atoms with E-state index in [0.717, 1.165) is 16.7 Å². The van der Waals surface area contributed by atoms with Crippen LogP contribution in [0.2, 0.25) is 5.02 Å². The van der Waals surface area contributed by atoms with E-state index in [0.29, 0.717) is 35.1 Å². The molecule has 37 heavy (non-hydrogen) atoms. The number of carbonyl (C=O) groups excluding carboxylic acids is 1. The number of aryl methyl sites for hydroxylation is 1. The molecule has 3 atom stereocenters. The zero-order valence-electron chi connectivity index (χ0n) is 21.5. The van der Waals surface area contributed by atoms with Gasteiger partial charge in [-0.3, -0.25) is 4.79 Å². The molecule has 1 aromatic heterocycles. The van der Waals surface area contributed by atoms with Crippen LogP contribution in [0.25, 0.3) is 11.3 Å². The van der Waals surface area contributed by atoms with Crippen molar-refractivity contribution in [2.24, 2.45) is 5.73 Å². The molecule has 0 fully saturated rings. The largest absolute Gasteiger partial charge is 0.489 e. The van der Waals surface area contributed by atoms with Crippen molar-refractivity contribution in [1.29, 1.82) is 0 Å². The Labute approximate surface area is 222 Å². The molecule has 196 valence electrons. The molecule has 1 aliphatic rings. The summed E-state index contributed by atoms with van der Waals surface area (Å²) in [6.07, 6.45) is -0.417. The molecule has 0 spiro atoms. The van der Waals surface area contributed by atoms with Crippen molar-refractivity contribution in [2.45, 2.75) is 57.8 Å². The van der Waals surface area contributed by atoms with E-state index in [9.17, 15) is 15.0 Å². The summed E-state index contributed by atoms with van der Waals surface area (Å²) in [7, 11) is 0. The van der Waals surface area contributed by atoms with Crippen molar-refractivity contribution < 1.29 is 24.5 Å². The first kappa shape index (κ1) is 27.1. The molecule has 4 N–H and O–H groups in total. The highest BCUT2D eigenvalue weighted by Crippen LogP contribution is 2.44. The Hall–Kier alpha value is -2.97. The van der Waals surface area contributed by atoms with E-state index in [1.807, 2.05) is 38.1 Å². The Bertz CT molecular complexity index is 1300. The summed E-state index contributed by atoms with van der Waals surface area (Å²) >= 11 is 6.27. The van der Waals surface area contributed by atoms with Crippen LogP contribution < -0.4 is 15.2 Å². The number of ketones is 1. The molecule has 2 aromatic carbocycles.